The molecule has 1 saturated heterocycles. The summed E-state index contributed by atoms with van der Waals surface area (Å²) in [6.45, 7) is 4.73. The molecule has 1 aromatic carbocycles. The van der Waals surface area contributed by atoms with Gasteiger partial charge in [-0.2, -0.15) is 0 Å². The number of piperidine rings is 1. The molecule has 0 amide bonds. The van der Waals surface area contributed by atoms with Crippen molar-refractivity contribution in [2.24, 2.45) is 5.92 Å². The molecule has 0 spiro atoms. The van der Waals surface area contributed by atoms with E-state index in [2.05, 4.69) is 5.32 Å². The fourth-order valence-corrected chi connectivity index (χ4v) is 2.17. The van der Waals surface area contributed by atoms with Gasteiger partial charge in [-0.25, -0.2) is 0 Å². The van der Waals surface area contributed by atoms with Crippen molar-refractivity contribution in [3.8, 4) is 5.75 Å². The van der Waals surface area contributed by atoms with E-state index in [9.17, 15) is 0 Å². The van der Waals surface area contributed by atoms with E-state index >= 15 is 0 Å². The van der Waals surface area contributed by atoms with Crippen LogP contribution in [-0.2, 0) is 4.74 Å². The number of nitrogens with one attached hydrogen (secondary N) is 1. The number of benzene rings is 1. The summed E-state index contributed by atoms with van der Waals surface area (Å²) in [5.74, 6) is 1.69. The molecule has 1 aliphatic rings. The van der Waals surface area contributed by atoms with Crippen molar-refractivity contribution >= 4 is 0 Å². The van der Waals surface area contributed by atoms with Gasteiger partial charge in [0.15, 0.2) is 0 Å². The topological polar surface area (TPSA) is 30.5 Å². The lowest BCUT2D eigenvalue weighted by Gasteiger charge is -2.22. The van der Waals surface area contributed by atoms with E-state index in [1.807, 2.05) is 30.3 Å². The van der Waals surface area contributed by atoms with Crippen molar-refractivity contribution in [3.05, 3.63) is 30.3 Å². The monoisotopic (exact) mass is 249 g/mol. The van der Waals surface area contributed by atoms with Crippen LogP contribution in [0, 0.1) is 5.92 Å². The Kier molecular flexibility index (Phi) is 6.03. The van der Waals surface area contributed by atoms with Crippen molar-refractivity contribution in [2.75, 3.05) is 32.9 Å². The standard InChI is InChI=1S/C15H23NO2/c1-2-5-15(6-3-1)18-12-4-11-17-13-14-7-9-16-10-8-14/h1-3,5-6,14,16H,4,7-13H2. The lowest BCUT2D eigenvalue weighted by molar-refractivity contribution is 0.0789. The number of para-hydroxylation sites is 1. The Morgan fingerprint density at radius 2 is 1.83 bits per heavy atom. The van der Waals surface area contributed by atoms with Gasteiger partial charge >= 0.3 is 0 Å². The van der Waals surface area contributed by atoms with Crippen molar-refractivity contribution < 1.29 is 9.47 Å². The van der Waals surface area contributed by atoms with E-state index in [-0.39, 0.29) is 0 Å². The van der Waals surface area contributed by atoms with Crippen LogP contribution in [0.15, 0.2) is 30.3 Å². The summed E-state index contributed by atoms with van der Waals surface area (Å²) in [4.78, 5) is 0. The summed E-state index contributed by atoms with van der Waals surface area (Å²) in [7, 11) is 0. The van der Waals surface area contributed by atoms with Crippen LogP contribution in [0.3, 0.4) is 0 Å². The maximum atomic E-state index is 5.70. The predicted molar refractivity (Wildman–Crippen MR) is 73.0 cm³/mol. The highest BCUT2D eigenvalue weighted by Gasteiger charge is 2.12. The fourth-order valence-electron chi connectivity index (χ4n) is 2.17. The summed E-state index contributed by atoms with van der Waals surface area (Å²) in [6, 6.07) is 9.94. The second-order valence-electron chi connectivity index (χ2n) is 4.78. The maximum absolute atomic E-state index is 5.70. The van der Waals surface area contributed by atoms with Crippen LogP contribution in [0.5, 0.6) is 5.75 Å². The summed E-state index contributed by atoms with van der Waals surface area (Å²) >= 11 is 0. The van der Waals surface area contributed by atoms with E-state index in [0.717, 1.165) is 51.0 Å². The molecular weight excluding hydrogens is 226 g/mol. The molecule has 0 bridgehead atoms. The minimum atomic E-state index is 0.732. The fraction of sp³-hybridized carbons (Fsp3) is 0.600. The summed E-state index contributed by atoms with van der Waals surface area (Å²) < 4.78 is 11.3. The number of hydrogen-bond donors (Lipinski definition) is 1. The third-order valence-electron chi connectivity index (χ3n) is 3.26. The molecule has 1 aromatic rings. The van der Waals surface area contributed by atoms with Gasteiger partial charge in [0.25, 0.3) is 0 Å². The lowest BCUT2D eigenvalue weighted by atomic mass is 9.99. The Hall–Kier alpha value is -1.06. The van der Waals surface area contributed by atoms with Crippen LogP contribution in [0.25, 0.3) is 0 Å². The Bertz CT molecular complexity index is 310. The smallest absolute Gasteiger partial charge is 0.119 e. The number of hydrogen-bond acceptors (Lipinski definition) is 3. The van der Waals surface area contributed by atoms with Gasteiger partial charge in [0.05, 0.1) is 6.61 Å². The molecule has 0 aliphatic carbocycles. The van der Waals surface area contributed by atoms with Crippen LogP contribution < -0.4 is 10.1 Å². The van der Waals surface area contributed by atoms with Crippen LogP contribution in [-0.4, -0.2) is 32.9 Å². The molecule has 1 heterocycles. The molecule has 18 heavy (non-hydrogen) atoms. The first-order valence-corrected chi connectivity index (χ1v) is 6.91. The van der Waals surface area contributed by atoms with E-state index in [1.165, 1.54) is 12.8 Å². The Labute approximate surface area is 109 Å². The van der Waals surface area contributed by atoms with Crippen molar-refractivity contribution in [3.63, 3.8) is 0 Å². The lowest BCUT2D eigenvalue weighted by Crippen LogP contribution is -2.30. The van der Waals surface area contributed by atoms with E-state index in [4.69, 9.17) is 9.47 Å². The molecular formula is C15H23NO2. The first kappa shape index (κ1) is 13.4. The largest absolute Gasteiger partial charge is 0.494 e. The zero-order chi connectivity index (χ0) is 12.5. The average molecular weight is 249 g/mol. The molecule has 2 rings (SSSR count). The van der Waals surface area contributed by atoms with Gasteiger partial charge in [0.2, 0.25) is 0 Å². The van der Waals surface area contributed by atoms with Gasteiger partial charge in [-0.1, -0.05) is 18.2 Å². The van der Waals surface area contributed by atoms with Crippen LogP contribution in [0.4, 0.5) is 0 Å². The first-order chi connectivity index (χ1) is 8.95. The molecule has 1 fully saturated rings. The number of ether oxygens (including phenoxy) is 2. The molecule has 0 atom stereocenters. The molecule has 1 N–H and O–H groups in total. The van der Waals surface area contributed by atoms with Gasteiger partial charge in [0.1, 0.15) is 5.75 Å². The average Bonchev–Trinajstić information content (AvgIpc) is 2.45. The number of rotatable bonds is 7. The van der Waals surface area contributed by atoms with Crippen molar-refractivity contribution in [1.29, 1.82) is 0 Å². The van der Waals surface area contributed by atoms with Crippen LogP contribution in [0.1, 0.15) is 19.3 Å². The SMILES string of the molecule is c1ccc(OCCCOCC2CCNCC2)cc1. The highest BCUT2D eigenvalue weighted by Crippen LogP contribution is 2.12. The molecule has 100 valence electrons. The molecule has 0 unspecified atom stereocenters. The summed E-state index contributed by atoms with van der Waals surface area (Å²) in [5, 5.41) is 3.37. The van der Waals surface area contributed by atoms with Gasteiger partial charge < -0.3 is 14.8 Å². The highest BCUT2D eigenvalue weighted by molar-refractivity contribution is 5.20. The predicted octanol–water partition coefficient (Wildman–Crippen LogP) is 2.47. The van der Waals surface area contributed by atoms with Gasteiger partial charge in [0, 0.05) is 19.6 Å². The maximum Gasteiger partial charge on any atom is 0.119 e. The minimum Gasteiger partial charge on any atom is -0.494 e. The summed E-state index contributed by atoms with van der Waals surface area (Å²) in [5.41, 5.74) is 0. The molecule has 0 saturated carbocycles. The Balaban J connectivity index is 1.46. The second-order valence-corrected chi connectivity index (χ2v) is 4.78. The zero-order valence-electron chi connectivity index (χ0n) is 10.9. The third-order valence-corrected chi connectivity index (χ3v) is 3.26. The molecule has 3 nitrogen and oxygen atoms in total. The van der Waals surface area contributed by atoms with Gasteiger partial charge in [-0.3, -0.25) is 0 Å². The second kappa shape index (κ2) is 8.11. The molecule has 3 heteroatoms. The minimum absolute atomic E-state index is 0.732. The van der Waals surface area contributed by atoms with Crippen LogP contribution >= 0.6 is 0 Å². The van der Waals surface area contributed by atoms with Crippen LogP contribution in [0.2, 0.25) is 0 Å². The van der Waals surface area contributed by atoms with Gasteiger partial charge in [-0.05, 0) is 44.0 Å². The Morgan fingerprint density at radius 3 is 2.61 bits per heavy atom. The van der Waals surface area contributed by atoms with Crippen molar-refractivity contribution in [2.45, 2.75) is 19.3 Å². The third kappa shape index (κ3) is 5.07. The molecule has 0 aromatic heterocycles. The van der Waals surface area contributed by atoms with Crippen molar-refractivity contribution in [1.82, 2.24) is 5.32 Å². The first-order valence-electron chi connectivity index (χ1n) is 6.91. The highest BCUT2D eigenvalue weighted by atomic mass is 16.5. The van der Waals surface area contributed by atoms with Gasteiger partial charge in [-0.15, -0.1) is 0 Å². The molecule has 1 aliphatic heterocycles. The molecule has 0 radical (unpaired) electrons. The zero-order valence-corrected chi connectivity index (χ0v) is 10.9. The normalized spacial score (nSPS) is 16.7. The summed E-state index contributed by atoms with van der Waals surface area (Å²) in [6.07, 6.45) is 3.46. The van der Waals surface area contributed by atoms with E-state index < -0.39 is 0 Å². The quantitative estimate of drug-likeness (QED) is 0.753. The van der Waals surface area contributed by atoms with E-state index in [0.29, 0.717) is 0 Å². The van der Waals surface area contributed by atoms with E-state index in [1.54, 1.807) is 0 Å². The Morgan fingerprint density at radius 1 is 1.06 bits per heavy atom.